The average molecular weight is 273 g/mol. The number of nitrogens with one attached hydrogen (secondary N) is 1. The lowest BCUT2D eigenvalue weighted by Gasteiger charge is -2.31. The van der Waals surface area contributed by atoms with Gasteiger partial charge in [0.1, 0.15) is 0 Å². The zero-order chi connectivity index (χ0) is 13.2. The number of hydrogen-bond donors (Lipinski definition) is 1. The highest BCUT2D eigenvalue weighted by atomic mass is 32.2. The molecular weight excluding hydrogens is 240 g/mol. The number of nitrogens with zero attached hydrogens (tertiary/aromatic N) is 1. The first-order valence-electron chi connectivity index (χ1n) is 7.74. The Morgan fingerprint density at radius 1 is 1.28 bits per heavy atom. The minimum atomic E-state index is 0.695. The fourth-order valence-corrected chi connectivity index (χ4v) is 3.32. The fraction of sp³-hybridized carbons (Fsp3) is 1.00. The summed E-state index contributed by atoms with van der Waals surface area (Å²) in [4.78, 5) is 2.62. The third kappa shape index (κ3) is 7.01. The SMILES string of the molecule is CCCCCC(C)NCCN1CCC(SC)CC1. The van der Waals surface area contributed by atoms with E-state index in [1.165, 1.54) is 58.2 Å². The van der Waals surface area contributed by atoms with E-state index in [0.717, 1.165) is 11.8 Å². The molecule has 1 aliphatic rings. The molecule has 1 rings (SSSR count). The standard InChI is InChI=1S/C15H32N2S/c1-4-5-6-7-14(2)16-10-13-17-11-8-15(18-3)9-12-17/h14-16H,4-13H2,1-3H3. The maximum absolute atomic E-state index is 3.67. The lowest BCUT2D eigenvalue weighted by Crippen LogP contribution is -2.40. The molecule has 1 saturated heterocycles. The van der Waals surface area contributed by atoms with E-state index in [1.54, 1.807) is 0 Å². The minimum absolute atomic E-state index is 0.695. The first-order chi connectivity index (χ1) is 8.76. The van der Waals surface area contributed by atoms with E-state index in [-0.39, 0.29) is 0 Å². The van der Waals surface area contributed by atoms with Crippen LogP contribution in [0.2, 0.25) is 0 Å². The second-order valence-electron chi connectivity index (χ2n) is 5.63. The van der Waals surface area contributed by atoms with E-state index in [0.29, 0.717) is 6.04 Å². The molecule has 3 heteroatoms. The maximum atomic E-state index is 3.67. The van der Waals surface area contributed by atoms with E-state index in [2.05, 4.69) is 30.3 Å². The van der Waals surface area contributed by atoms with Crippen molar-refractivity contribution in [1.29, 1.82) is 0 Å². The van der Waals surface area contributed by atoms with Crippen molar-refractivity contribution in [2.24, 2.45) is 0 Å². The van der Waals surface area contributed by atoms with Crippen LogP contribution in [0.3, 0.4) is 0 Å². The Balaban J connectivity index is 1.97. The highest BCUT2D eigenvalue weighted by molar-refractivity contribution is 7.99. The molecule has 0 spiro atoms. The zero-order valence-electron chi connectivity index (χ0n) is 12.6. The molecule has 1 aliphatic heterocycles. The first kappa shape index (κ1) is 16.3. The number of rotatable bonds is 9. The van der Waals surface area contributed by atoms with Crippen molar-refractivity contribution in [1.82, 2.24) is 10.2 Å². The van der Waals surface area contributed by atoms with Crippen LogP contribution in [-0.2, 0) is 0 Å². The second kappa shape index (κ2) is 10.1. The third-order valence-corrected chi connectivity index (χ3v) is 5.17. The van der Waals surface area contributed by atoms with Crippen LogP contribution in [0.1, 0.15) is 52.4 Å². The van der Waals surface area contributed by atoms with Crippen molar-refractivity contribution in [2.45, 2.75) is 63.7 Å². The van der Waals surface area contributed by atoms with Gasteiger partial charge in [-0.2, -0.15) is 11.8 Å². The van der Waals surface area contributed by atoms with Gasteiger partial charge < -0.3 is 10.2 Å². The fourth-order valence-electron chi connectivity index (χ4n) is 2.64. The summed E-state index contributed by atoms with van der Waals surface area (Å²) >= 11 is 2.05. The Kier molecular flexibility index (Phi) is 9.16. The van der Waals surface area contributed by atoms with E-state index in [4.69, 9.17) is 0 Å². The monoisotopic (exact) mass is 272 g/mol. The molecule has 0 radical (unpaired) electrons. The number of piperidine rings is 1. The lowest BCUT2D eigenvalue weighted by molar-refractivity contribution is 0.230. The van der Waals surface area contributed by atoms with Gasteiger partial charge in [-0.05, 0) is 45.5 Å². The molecule has 18 heavy (non-hydrogen) atoms. The summed E-state index contributed by atoms with van der Waals surface area (Å²) in [5.41, 5.74) is 0. The summed E-state index contributed by atoms with van der Waals surface area (Å²) in [6.07, 6.45) is 10.4. The van der Waals surface area contributed by atoms with Crippen molar-refractivity contribution in [3.05, 3.63) is 0 Å². The maximum Gasteiger partial charge on any atom is 0.0107 e. The van der Waals surface area contributed by atoms with Crippen LogP contribution in [0.4, 0.5) is 0 Å². The summed E-state index contributed by atoms with van der Waals surface area (Å²) in [5.74, 6) is 0. The summed E-state index contributed by atoms with van der Waals surface area (Å²) in [6.45, 7) is 9.61. The third-order valence-electron chi connectivity index (χ3n) is 4.03. The highest BCUT2D eigenvalue weighted by Gasteiger charge is 2.17. The Bertz CT molecular complexity index is 191. The lowest BCUT2D eigenvalue weighted by atomic mass is 10.1. The highest BCUT2D eigenvalue weighted by Crippen LogP contribution is 2.20. The molecule has 0 aromatic heterocycles. The van der Waals surface area contributed by atoms with Gasteiger partial charge in [-0.15, -0.1) is 0 Å². The normalized spacial score (nSPS) is 20.2. The summed E-state index contributed by atoms with van der Waals surface area (Å²) < 4.78 is 0. The zero-order valence-corrected chi connectivity index (χ0v) is 13.4. The molecule has 1 atom stereocenters. The van der Waals surface area contributed by atoms with Gasteiger partial charge in [-0.25, -0.2) is 0 Å². The Morgan fingerprint density at radius 3 is 2.61 bits per heavy atom. The molecule has 0 bridgehead atoms. The van der Waals surface area contributed by atoms with Gasteiger partial charge in [0.05, 0.1) is 0 Å². The molecule has 2 nitrogen and oxygen atoms in total. The number of likely N-dealkylation sites (tertiary alicyclic amines) is 1. The second-order valence-corrected chi connectivity index (χ2v) is 6.77. The van der Waals surface area contributed by atoms with Gasteiger partial charge in [0.2, 0.25) is 0 Å². The summed E-state index contributed by atoms with van der Waals surface area (Å²) in [7, 11) is 0. The predicted molar refractivity (Wildman–Crippen MR) is 84.6 cm³/mol. The Labute approximate surface area is 118 Å². The first-order valence-corrected chi connectivity index (χ1v) is 9.03. The van der Waals surface area contributed by atoms with Gasteiger partial charge in [0.15, 0.2) is 0 Å². The van der Waals surface area contributed by atoms with E-state index in [1.807, 2.05) is 11.8 Å². The smallest absolute Gasteiger partial charge is 0.0107 e. The minimum Gasteiger partial charge on any atom is -0.313 e. The van der Waals surface area contributed by atoms with Gasteiger partial charge in [0, 0.05) is 24.4 Å². The number of unbranched alkanes of at least 4 members (excludes halogenated alkanes) is 2. The summed E-state index contributed by atoms with van der Waals surface area (Å²) in [5, 5.41) is 4.59. The quantitative estimate of drug-likeness (QED) is 0.648. The molecule has 0 aromatic carbocycles. The van der Waals surface area contributed by atoms with Crippen LogP contribution >= 0.6 is 11.8 Å². The molecular formula is C15H32N2S. The number of thioether (sulfide) groups is 1. The summed E-state index contributed by atoms with van der Waals surface area (Å²) in [6, 6.07) is 0.695. The Hall–Kier alpha value is 0.270. The van der Waals surface area contributed by atoms with E-state index >= 15 is 0 Å². The predicted octanol–water partition coefficient (Wildman–Crippen LogP) is 3.37. The Morgan fingerprint density at radius 2 is 2.00 bits per heavy atom. The molecule has 0 saturated carbocycles. The van der Waals surface area contributed by atoms with Crippen molar-refractivity contribution in [3.63, 3.8) is 0 Å². The van der Waals surface area contributed by atoms with Crippen LogP contribution in [0, 0.1) is 0 Å². The van der Waals surface area contributed by atoms with Gasteiger partial charge in [-0.1, -0.05) is 26.2 Å². The molecule has 0 aromatic rings. The molecule has 0 aliphatic carbocycles. The average Bonchev–Trinajstić information content (AvgIpc) is 2.40. The van der Waals surface area contributed by atoms with Crippen molar-refractivity contribution >= 4 is 11.8 Å². The van der Waals surface area contributed by atoms with Crippen molar-refractivity contribution in [2.75, 3.05) is 32.4 Å². The van der Waals surface area contributed by atoms with Crippen LogP contribution in [-0.4, -0.2) is 48.6 Å². The largest absolute Gasteiger partial charge is 0.313 e. The molecule has 1 N–H and O–H groups in total. The van der Waals surface area contributed by atoms with Crippen molar-refractivity contribution < 1.29 is 0 Å². The molecule has 0 amide bonds. The van der Waals surface area contributed by atoms with E-state index < -0.39 is 0 Å². The molecule has 108 valence electrons. The van der Waals surface area contributed by atoms with Crippen LogP contribution in [0.5, 0.6) is 0 Å². The van der Waals surface area contributed by atoms with Gasteiger partial charge >= 0.3 is 0 Å². The van der Waals surface area contributed by atoms with Crippen molar-refractivity contribution in [3.8, 4) is 0 Å². The molecule has 1 unspecified atom stereocenters. The van der Waals surface area contributed by atoms with Crippen LogP contribution < -0.4 is 5.32 Å². The number of hydrogen-bond acceptors (Lipinski definition) is 3. The molecule has 1 heterocycles. The van der Waals surface area contributed by atoms with Gasteiger partial charge in [-0.3, -0.25) is 0 Å². The topological polar surface area (TPSA) is 15.3 Å². The van der Waals surface area contributed by atoms with E-state index in [9.17, 15) is 0 Å². The van der Waals surface area contributed by atoms with Gasteiger partial charge in [0.25, 0.3) is 0 Å². The van der Waals surface area contributed by atoms with Crippen LogP contribution in [0.15, 0.2) is 0 Å². The molecule has 1 fully saturated rings. The van der Waals surface area contributed by atoms with Crippen LogP contribution in [0.25, 0.3) is 0 Å².